The van der Waals surface area contributed by atoms with Gasteiger partial charge >= 0.3 is 0 Å². The molecular formula is C8H12Cl3NO7. The van der Waals surface area contributed by atoms with E-state index in [2.05, 4.69) is 4.84 Å². The largest absolute Gasteiger partial charge is 0.394 e. The lowest BCUT2D eigenvalue weighted by Crippen LogP contribution is -2.60. The molecule has 112 valence electrons. The van der Waals surface area contributed by atoms with E-state index in [0.29, 0.717) is 0 Å². The topological polar surface area (TPSA) is 128 Å². The summed E-state index contributed by atoms with van der Waals surface area (Å²) in [5.74, 6) is -1.14. The van der Waals surface area contributed by atoms with E-state index in [4.69, 9.17) is 44.6 Å². The van der Waals surface area contributed by atoms with E-state index in [1.165, 1.54) is 0 Å². The molecule has 0 aromatic carbocycles. The average molecular weight is 341 g/mol. The van der Waals surface area contributed by atoms with Crippen molar-refractivity contribution in [2.75, 3.05) is 6.61 Å². The summed E-state index contributed by atoms with van der Waals surface area (Å²) in [6.07, 6.45) is -7.57. The maximum absolute atomic E-state index is 11.2. The van der Waals surface area contributed by atoms with Crippen molar-refractivity contribution in [3.05, 3.63) is 0 Å². The Morgan fingerprint density at radius 1 is 1.21 bits per heavy atom. The van der Waals surface area contributed by atoms with Gasteiger partial charge in [0.2, 0.25) is 6.29 Å². The highest BCUT2D eigenvalue weighted by Crippen LogP contribution is 2.26. The number of halogens is 3. The highest BCUT2D eigenvalue weighted by Gasteiger charge is 2.45. The van der Waals surface area contributed by atoms with E-state index in [1.54, 1.807) is 5.48 Å². The Morgan fingerprint density at radius 3 is 2.26 bits per heavy atom. The van der Waals surface area contributed by atoms with Crippen molar-refractivity contribution in [3.8, 4) is 0 Å². The summed E-state index contributed by atoms with van der Waals surface area (Å²) in [4.78, 5) is 15.8. The fraction of sp³-hybridized carbons (Fsp3) is 0.875. The molecule has 1 aliphatic rings. The first-order valence-corrected chi connectivity index (χ1v) is 6.15. The van der Waals surface area contributed by atoms with Crippen molar-refractivity contribution in [1.82, 2.24) is 5.48 Å². The van der Waals surface area contributed by atoms with Crippen LogP contribution in [0.5, 0.6) is 0 Å². The van der Waals surface area contributed by atoms with E-state index >= 15 is 0 Å². The number of aliphatic hydroxyl groups is 4. The van der Waals surface area contributed by atoms with Crippen molar-refractivity contribution in [2.24, 2.45) is 0 Å². The van der Waals surface area contributed by atoms with Gasteiger partial charge in [-0.1, -0.05) is 34.8 Å². The van der Waals surface area contributed by atoms with Gasteiger partial charge in [-0.25, -0.2) is 10.3 Å². The molecule has 1 rings (SSSR count). The van der Waals surface area contributed by atoms with Crippen LogP contribution in [0.2, 0.25) is 0 Å². The van der Waals surface area contributed by atoms with Gasteiger partial charge < -0.3 is 25.2 Å². The van der Waals surface area contributed by atoms with Gasteiger partial charge in [-0.2, -0.15) is 0 Å². The molecule has 1 amide bonds. The molecule has 5 atom stereocenters. The number of carbonyl (C=O) groups excluding carboxylic acids is 1. The molecule has 0 aromatic heterocycles. The zero-order valence-corrected chi connectivity index (χ0v) is 11.5. The third kappa shape index (κ3) is 4.28. The van der Waals surface area contributed by atoms with Gasteiger partial charge in [0.25, 0.3) is 9.70 Å². The summed E-state index contributed by atoms with van der Waals surface area (Å²) in [6, 6.07) is 0. The zero-order valence-electron chi connectivity index (χ0n) is 9.24. The summed E-state index contributed by atoms with van der Waals surface area (Å²) in [5.41, 5.74) is 1.71. The van der Waals surface area contributed by atoms with Gasteiger partial charge in [0.05, 0.1) is 6.61 Å². The molecule has 1 heterocycles. The van der Waals surface area contributed by atoms with Crippen LogP contribution in [0.3, 0.4) is 0 Å². The molecule has 0 aromatic rings. The predicted octanol–water partition coefficient (Wildman–Crippen LogP) is -1.80. The number of carbonyl (C=O) groups is 1. The molecule has 5 N–H and O–H groups in total. The standard InChI is InChI=1S/C8H12Cl3NO7/c9-8(10,11)7(17)12-19-6-5(16)4(15)3(14)2(1-13)18-6/h2-6,13-16H,1H2,(H,12,17)/t2-,3-,4+,5-,6-/m1/s1. The second-order valence-electron chi connectivity index (χ2n) is 3.74. The predicted molar refractivity (Wildman–Crippen MR) is 63.3 cm³/mol. The Labute approximate surface area is 122 Å². The average Bonchev–Trinajstić information content (AvgIpc) is 2.33. The third-order valence-corrected chi connectivity index (χ3v) is 2.89. The van der Waals surface area contributed by atoms with Crippen molar-refractivity contribution in [3.63, 3.8) is 0 Å². The number of rotatable bonds is 3. The smallest absolute Gasteiger partial charge is 0.295 e. The number of alkyl halides is 3. The molecular weight excluding hydrogens is 328 g/mol. The number of nitrogens with one attached hydrogen (secondary N) is 1. The van der Waals surface area contributed by atoms with Gasteiger partial charge in [-0.15, -0.1) is 0 Å². The first kappa shape index (κ1) is 17.2. The second kappa shape index (κ2) is 6.70. The molecule has 1 fully saturated rings. The molecule has 0 saturated carbocycles. The van der Waals surface area contributed by atoms with E-state index in [-0.39, 0.29) is 0 Å². The fourth-order valence-electron chi connectivity index (χ4n) is 1.33. The van der Waals surface area contributed by atoms with Crippen molar-refractivity contribution >= 4 is 40.7 Å². The van der Waals surface area contributed by atoms with Crippen LogP contribution >= 0.6 is 34.8 Å². The molecule has 0 spiro atoms. The third-order valence-electron chi connectivity index (χ3n) is 2.37. The molecule has 0 unspecified atom stereocenters. The molecule has 11 heteroatoms. The van der Waals surface area contributed by atoms with Gasteiger partial charge in [-0.3, -0.25) is 4.79 Å². The van der Waals surface area contributed by atoms with Gasteiger partial charge in [0.15, 0.2) is 0 Å². The van der Waals surface area contributed by atoms with Crippen LogP contribution in [-0.4, -0.2) is 67.4 Å². The number of amides is 1. The molecule has 0 radical (unpaired) electrons. The van der Waals surface area contributed by atoms with Crippen molar-refractivity contribution in [1.29, 1.82) is 0 Å². The summed E-state index contributed by atoms with van der Waals surface area (Å²) >= 11 is 15.8. The lowest BCUT2D eigenvalue weighted by molar-refractivity contribution is -0.313. The minimum Gasteiger partial charge on any atom is -0.394 e. The number of hydrogen-bond acceptors (Lipinski definition) is 7. The molecule has 0 aliphatic carbocycles. The molecule has 1 aliphatic heterocycles. The Hall–Kier alpha value is 0.1000. The summed E-state index contributed by atoms with van der Waals surface area (Å²) in [6.45, 7) is -0.636. The summed E-state index contributed by atoms with van der Waals surface area (Å²) < 4.78 is 2.63. The Balaban J connectivity index is 2.60. The van der Waals surface area contributed by atoms with Crippen molar-refractivity contribution in [2.45, 2.75) is 34.5 Å². The van der Waals surface area contributed by atoms with Crippen LogP contribution in [0.15, 0.2) is 0 Å². The van der Waals surface area contributed by atoms with Crippen LogP contribution in [-0.2, 0) is 14.4 Å². The van der Waals surface area contributed by atoms with Crippen LogP contribution in [0.25, 0.3) is 0 Å². The van der Waals surface area contributed by atoms with E-state index < -0.39 is 47.0 Å². The number of aliphatic hydroxyl groups excluding tert-OH is 4. The van der Waals surface area contributed by atoms with Crippen LogP contribution in [0.1, 0.15) is 0 Å². The Bertz CT molecular complexity index is 324. The number of hydroxylamine groups is 1. The lowest BCUT2D eigenvalue weighted by atomic mass is 9.99. The molecule has 19 heavy (non-hydrogen) atoms. The van der Waals surface area contributed by atoms with E-state index in [9.17, 15) is 20.1 Å². The number of hydrogen-bond donors (Lipinski definition) is 5. The maximum Gasteiger partial charge on any atom is 0.295 e. The van der Waals surface area contributed by atoms with Gasteiger partial charge in [0, 0.05) is 0 Å². The van der Waals surface area contributed by atoms with E-state index in [1.807, 2.05) is 0 Å². The first-order chi connectivity index (χ1) is 8.68. The van der Waals surface area contributed by atoms with Gasteiger partial charge in [0.1, 0.15) is 24.4 Å². The Morgan fingerprint density at radius 2 is 1.79 bits per heavy atom. The Kier molecular flexibility index (Phi) is 6.05. The molecule has 1 saturated heterocycles. The maximum atomic E-state index is 11.2. The lowest BCUT2D eigenvalue weighted by Gasteiger charge is -2.39. The molecule has 8 nitrogen and oxygen atoms in total. The van der Waals surface area contributed by atoms with Crippen molar-refractivity contribution < 1.29 is 34.8 Å². The minimum atomic E-state index is -2.28. The fourth-order valence-corrected chi connectivity index (χ4v) is 1.45. The normalized spacial score (nSPS) is 36.1. The number of ether oxygens (including phenoxy) is 1. The summed E-state index contributed by atoms with van der Waals surface area (Å²) in [5, 5.41) is 37.4. The highest BCUT2D eigenvalue weighted by atomic mass is 35.6. The minimum absolute atomic E-state index is 0.636. The monoisotopic (exact) mass is 339 g/mol. The van der Waals surface area contributed by atoms with E-state index in [0.717, 1.165) is 0 Å². The van der Waals surface area contributed by atoms with Gasteiger partial charge in [-0.05, 0) is 0 Å². The quantitative estimate of drug-likeness (QED) is 0.303. The molecule has 0 bridgehead atoms. The SMILES string of the molecule is O=C(NO[C@H]1O[C@H](CO)[C@@H](O)[C@H](O)[C@H]1O)C(Cl)(Cl)Cl. The van der Waals surface area contributed by atoms with Crippen LogP contribution in [0.4, 0.5) is 0 Å². The highest BCUT2D eigenvalue weighted by molar-refractivity contribution is 6.76. The van der Waals surface area contributed by atoms with Crippen LogP contribution in [0, 0.1) is 0 Å². The summed E-state index contributed by atoms with van der Waals surface area (Å²) in [7, 11) is 0. The first-order valence-electron chi connectivity index (χ1n) is 5.01. The zero-order chi connectivity index (χ0) is 14.8. The van der Waals surface area contributed by atoms with Crippen LogP contribution < -0.4 is 5.48 Å². The second-order valence-corrected chi connectivity index (χ2v) is 6.03.